The number of benzene rings is 1. The molecule has 2 fully saturated rings. The number of hydrogen-bond acceptors (Lipinski definition) is 5. The Morgan fingerprint density at radius 1 is 1.19 bits per heavy atom. The number of ether oxygens (including phenoxy) is 1. The molecule has 27 heavy (non-hydrogen) atoms. The van der Waals surface area contributed by atoms with E-state index in [1.54, 1.807) is 13.4 Å². The zero-order valence-electron chi connectivity index (χ0n) is 15.8. The van der Waals surface area contributed by atoms with Crippen molar-refractivity contribution in [1.82, 2.24) is 10.2 Å². The zero-order valence-corrected chi connectivity index (χ0v) is 15.8. The van der Waals surface area contributed by atoms with Crippen LogP contribution in [0.5, 0.6) is 5.75 Å². The van der Waals surface area contributed by atoms with Gasteiger partial charge in [-0.1, -0.05) is 0 Å². The summed E-state index contributed by atoms with van der Waals surface area (Å²) in [6.45, 7) is 4.35. The standard InChI is InChI=1S/C21H27N3O3/c1-26-18-8-6-17(7-9-18)23-10-12-24(13-11-23)19(20-3-2-14-27-20)15-22-21(25)16-4-5-16/h2-3,6-9,14,16,19H,4-5,10-13,15H2,1H3,(H,22,25)/t19-/m0/s1. The molecule has 1 aromatic carbocycles. The normalized spacial score (nSPS) is 18.9. The smallest absolute Gasteiger partial charge is 0.223 e. The molecule has 2 heterocycles. The minimum atomic E-state index is 0.0840. The number of anilines is 1. The lowest BCUT2D eigenvalue weighted by Gasteiger charge is -2.39. The van der Waals surface area contributed by atoms with E-state index in [1.165, 1.54) is 5.69 Å². The maximum atomic E-state index is 12.1. The second kappa shape index (κ2) is 8.05. The summed E-state index contributed by atoms with van der Waals surface area (Å²) in [5, 5.41) is 3.12. The first-order chi connectivity index (χ1) is 13.2. The average molecular weight is 369 g/mol. The predicted molar refractivity (Wildman–Crippen MR) is 104 cm³/mol. The van der Waals surface area contributed by atoms with Gasteiger partial charge in [0, 0.05) is 44.3 Å². The fourth-order valence-electron chi connectivity index (χ4n) is 3.66. The van der Waals surface area contributed by atoms with Crippen LogP contribution in [0.2, 0.25) is 0 Å². The third-order valence-electron chi connectivity index (χ3n) is 5.48. The van der Waals surface area contributed by atoms with Gasteiger partial charge in [-0.05, 0) is 49.2 Å². The average Bonchev–Trinajstić information content (AvgIpc) is 3.44. The Bertz CT molecular complexity index is 733. The Labute approximate surface area is 160 Å². The van der Waals surface area contributed by atoms with Gasteiger partial charge in [-0.3, -0.25) is 9.69 Å². The van der Waals surface area contributed by atoms with E-state index in [0.29, 0.717) is 6.54 Å². The van der Waals surface area contributed by atoms with Crippen molar-refractivity contribution in [3.63, 3.8) is 0 Å². The monoisotopic (exact) mass is 369 g/mol. The third kappa shape index (κ3) is 4.27. The maximum absolute atomic E-state index is 12.1. The fraction of sp³-hybridized carbons (Fsp3) is 0.476. The van der Waals surface area contributed by atoms with Crippen LogP contribution >= 0.6 is 0 Å². The molecule has 0 bridgehead atoms. The molecular weight excluding hydrogens is 342 g/mol. The molecule has 1 aromatic heterocycles. The molecule has 1 N–H and O–H groups in total. The first kappa shape index (κ1) is 17.9. The minimum Gasteiger partial charge on any atom is -0.497 e. The van der Waals surface area contributed by atoms with E-state index < -0.39 is 0 Å². The quantitative estimate of drug-likeness (QED) is 0.813. The van der Waals surface area contributed by atoms with Gasteiger partial charge >= 0.3 is 0 Å². The summed E-state index contributed by atoms with van der Waals surface area (Å²) in [4.78, 5) is 16.9. The molecule has 1 saturated heterocycles. The number of methoxy groups -OCH3 is 1. The highest BCUT2D eigenvalue weighted by Crippen LogP contribution is 2.30. The van der Waals surface area contributed by atoms with Crippen LogP contribution in [0.4, 0.5) is 5.69 Å². The van der Waals surface area contributed by atoms with Crippen molar-refractivity contribution in [2.45, 2.75) is 18.9 Å². The molecule has 144 valence electrons. The van der Waals surface area contributed by atoms with Crippen LogP contribution in [0, 0.1) is 5.92 Å². The van der Waals surface area contributed by atoms with Gasteiger partial charge in [0.25, 0.3) is 0 Å². The van der Waals surface area contributed by atoms with Crippen LogP contribution in [-0.4, -0.2) is 50.6 Å². The van der Waals surface area contributed by atoms with Crippen LogP contribution in [0.3, 0.4) is 0 Å². The van der Waals surface area contributed by atoms with E-state index in [9.17, 15) is 4.79 Å². The lowest BCUT2D eigenvalue weighted by atomic mass is 10.1. The number of carbonyl (C=O) groups is 1. The summed E-state index contributed by atoms with van der Waals surface area (Å²) >= 11 is 0. The number of nitrogens with zero attached hydrogens (tertiary/aromatic N) is 2. The van der Waals surface area contributed by atoms with Crippen LogP contribution in [0.15, 0.2) is 47.1 Å². The molecule has 1 aliphatic carbocycles. The Hall–Kier alpha value is -2.47. The van der Waals surface area contributed by atoms with Crippen LogP contribution in [0.1, 0.15) is 24.6 Å². The van der Waals surface area contributed by atoms with Crippen molar-refractivity contribution in [3.05, 3.63) is 48.4 Å². The molecule has 1 atom stereocenters. The number of hydrogen-bond donors (Lipinski definition) is 1. The van der Waals surface area contributed by atoms with Gasteiger partial charge in [-0.25, -0.2) is 0 Å². The Kier molecular flexibility index (Phi) is 5.34. The van der Waals surface area contributed by atoms with E-state index in [1.807, 2.05) is 24.3 Å². The van der Waals surface area contributed by atoms with Crippen molar-refractivity contribution in [1.29, 1.82) is 0 Å². The summed E-state index contributed by atoms with van der Waals surface area (Å²) < 4.78 is 10.9. The topological polar surface area (TPSA) is 58.0 Å². The summed E-state index contributed by atoms with van der Waals surface area (Å²) in [5.41, 5.74) is 1.21. The van der Waals surface area contributed by atoms with Crippen molar-refractivity contribution in [2.24, 2.45) is 5.92 Å². The summed E-state index contributed by atoms with van der Waals surface area (Å²) in [6, 6.07) is 12.2. The van der Waals surface area contributed by atoms with Crippen molar-refractivity contribution >= 4 is 11.6 Å². The third-order valence-corrected chi connectivity index (χ3v) is 5.48. The molecule has 2 aromatic rings. The van der Waals surface area contributed by atoms with Crippen molar-refractivity contribution < 1.29 is 13.9 Å². The van der Waals surface area contributed by atoms with Crippen LogP contribution in [0.25, 0.3) is 0 Å². The fourth-order valence-corrected chi connectivity index (χ4v) is 3.66. The number of rotatable bonds is 7. The highest BCUT2D eigenvalue weighted by Gasteiger charge is 2.32. The van der Waals surface area contributed by atoms with Crippen LogP contribution in [-0.2, 0) is 4.79 Å². The van der Waals surface area contributed by atoms with Gasteiger partial charge in [0.2, 0.25) is 5.91 Å². The molecule has 1 saturated carbocycles. The van der Waals surface area contributed by atoms with E-state index in [2.05, 4.69) is 27.2 Å². The Morgan fingerprint density at radius 2 is 1.93 bits per heavy atom. The first-order valence-corrected chi connectivity index (χ1v) is 9.69. The van der Waals surface area contributed by atoms with E-state index in [4.69, 9.17) is 9.15 Å². The highest BCUT2D eigenvalue weighted by molar-refractivity contribution is 5.80. The number of amides is 1. The molecule has 6 heteroatoms. The van der Waals surface area contributed by atoms with E-state index >= 15 is 0 Å². The first-order valence-electron chi connectivity index (χ1n) is 9.69. The minimum absolute atomic E-state index is 0.0840. The number of carbonyl (C=O) groups excluding carboxylic acids is 1. The second-order valence-electron chi connectivity index (χ2n) is 7.27. The number of furan rings is 1. The van der Waals surface area contributed by atoms with E-state index in [0.717, 1.165) is 50.5 Å². The van der Waals surface area contributed by atoms with Gasteiger partial charge in [-0.15, -0.1) is 0 Å². The summed E-state index contributed by atoms with van der Waals surface area (Å²) in [6.07, 6.45) is 3.76. The Morgan fingerprint density at radius 3 is 2.52 bits per heavy atom. The lowest BCUT2D eigenvalue weighted by molar-refractivity contribution is -0.122. The van der Waals surface area contributed by atoms with Gasteiger partial charge < -0.3 is 19.4 Å². The molecule has 0 radical (unpaired) electrons. The predicted octanol–water partition coefficient (Wildman–Crippen LogP) is 2.68. The molecule has 0 spiro atoms. The second-order valence-corrected chi connectivity index (χ2v) is 7.27. The highest BCUT2D eigenvalue weighted by atomic mass is 16.5. The Balaban J connectivity index is 1.37. The lowest BCUT2D eigenvalue weighted by Crippen LogP contribution is -2.50. The van der Waals surface area contributed by atoms with Gasteiger partial charge in [0.05, 0.1) is 19.4 Å². The van der Waals surface area contributed by atoms with Gasteiger partial charge in [0.15, 0.2) is 0 Å². The molecule has 4 rings (SSSR count). The largest absolute Gasteiger partial charge is 0.497 e. The SMILES string of the molecule is COc1ccc(N2CCN([C@@H](CNC(=O)C3CC3)c3ccco3)CC2)cc1. The number of nitrogens with one attached hydrogen (secondary N) is 1. The van der Waals surface area contributed by atoms with Crippen molar-refractivity contribution in [3.8, 4) is 5.75 Å². The maximum Gasteiger partial charge on any atom is 0.223 e. The van der Waals surface area contributed by atoms with Crippen molar-refractivity contribution in [2.75, 3.05) is 44.7 Å². The van der Waals surface area contributed by atoms with Crippen LogP contribution < -0.4 is 15.0 Å². The van der Waals surface area contributed by atoms with E-state index in [-0.39, 0.29) is 17.9 Å². The molecule has 2 aliphatic rings. The molecule has 0 unspecified atom stereocenters. The molecule has 6 nitrogen and oxygen atoms in total. The van der Waals surface area contributed by atoms with Gasteiger partial charge in [0.1, 0.15) is 11.5 Å². The summed E-state index contributed by atoms with van der Waals surface area (Å²) in [5.74, 6) is 2.21. The van der Waals surface area contributed by atoms with Gasteiger partial charge in [-0.2, -0.15) is 0 Å². The molecule has 1 amide bonds. The number of piperazine rings is 1. The molecule has 1 aliphatic heterocycles. The summed E-state index contributed by atoms with van der Waals surface area (Å²) in [7, 11) is 1.69. The molecular formula is C21H27N3O3. The zero-order chi connectivity index (χ0) is 18.6.